The number of aliphatic hydroxyl groups is 1. The summed E-state index contributed by atoms with van der Waals surface area (Å²) in [6, 6.07) is 7.22. The first-order chi connectivity index (χ1) is 18.5. The minimum Gasteiger partial charge on any atom is -0.453 e. The van der Waals surface area contributed by atoms with Gasteiger partial charge in [-0.25, -0.2) is 14.8 Å². The third-order valence-electron chi connectivity index (χ3n) is 6.44. The quantitative estimate of drug-likeness (QED) is 0.370. The molecule has 3 aromatic heterocycles. The van der Waals surface area contributed by atoms with Gasteiger partial charge in [0.15, 0.2) is 11.4 Å². The van der Waals surface area contributed by atoms with Gasteiger partial charge in [0.25, 0.3) is 0 Å². The molecule has 12 heteroatoms. The van der Waals surface area contributed by atoms with E-state index in [2.05, 4.69) is 25.0 Å². The Morgan fingerprint density at radius 2 is 1.97 bits per heavy atom. The average Bonchev–Trinajstić information content (AvgIpc) is 3.47. The number of ether oxygens (including phenoxy) is 2. The van der Waals surface area contributed by atoms with E-state index in [0.717, 1.165) is 16.9 Å². The smallest absolute Gasteiger partial charge is 0.410 e. The molecule has 39 heavy (non-hydrogen) atoms. The first-order valence-corrected chi connectivity index (χ1v) is 13.1. The number of piperazine rings is 1. The number of H-pyrrole nitrogens is 1. The third kappa shape index (κ3) is 5.64. The lowest BCUT2D eigenvalue weighted by atomic mass is 10.1. The van der Waals surface area contributed by atoms with Crippen LogP contribution in [0.15, 0.2) is 36.7 Å². The number of nitrogens with zero attached hydrogens (tertiary/aromatic N) is 6. The Morgan fingerprint density at radius 3 is 2.62 bits per heavy atom. The number of fused-ring (bicyclic) bond motifs is 1. The van der Waals surface area contributed by atoms with Crippen LogP contribution in [0, 0.1) is 6.92 Å². The summed E-state index contributed by atoms with van der Waals surface area (Å²) in [5.74, 6) is 1.66. The monoisotopic (exact) mass is 553 g/mol. The van der Waals surface area contributed by atoms with Gasteiger partial charge in [0.2, 0.25) is 0 Å². The van der Waals surface area contributed by atoms with E-state index < -0.39 is 11.7 Å². The van der Waals surface area contributed by atoms with Crippen molar-refractivity contribution in [3.05, 3.63) is 47.4 Å². The van der Waals surface area contributed by atoms with Crippen LogP contribution in [0.1, 0.15) is 26.5 Å². The molecule has 5 rings (SSSR count). The zero-order valence-electron chi connectivity index (χ0n) is 22.6. The number of carbonyl (C=O) groups excluding carboxylic acids is 1. The zero-order valence-corrected chi connectivity index (χ0v) is 23.4. The first-order valence-electron chi connectivity index (χ1n) is 12.7. The highest BCUT2D eigenvalue weighted by Crippen LogP contribution is 2.36. The predicted octanol–water partition coefficient (Wildman–Crippen LogP) is 4.53. The van der Waals surface area contributed by atoms with Crippen molar-refractivity contribution in [3.8, 4) is 22.9 Å². The molecule has 4 aromatic rings. The van der Waals surface area contributed by atoms with Crippen molar-refractivity contribution in [2.24, 2.45) is 7.05 Å². The van der Waals surface area contributed by atoms with E-state index in [1.54, 1.807) is 9.58 Å². The summed E-state index contributed by atoms with van der Waals surface area (Å²) < 4.78 is 13.4. The van der Waals surface area contributed by atoms with Crippen molar-refractivity contribution in [2.75, 3.05) is 31.1 Å². The number of hydrogen-bond acceptors (Lipinski definition) is 8. The molecule has 1 amide bonds. The number of hydrogen-bond donors (Lipinski definition) is 2. The Hall–Kier alpha value is -3.83. The molecule has 4 heterocycles. The molecule has 11 nitrogen and oxygen atoms in total. The van der Waals surface area contributed by atoms with E-state index >= 15 is 0 Å². The highest BCUT2D eigenvalue weighted by Gasteiger charge is 2.33. The van der Waals surface area contributed by atoms with Gasteiger partial charge >= 0.3 is 6.09 Å². The van der Waals surface area contributed by atoms with Gasteiger partial charge in [-0.15, -0.1) is 0 Å². The predicted molar refractivity (Wildman–Crippen MR) is 148 cm³/mol. The van der Waals surface area contributed by atoms with E-state index in [9.17, 15) is 9.90 Å². The van der Waals surface area contributed by atoms with Crippen molar-refractivity contribution in [1.29, 1.82) is 0 Å². The normalized spacial score (nSPS) is 16.1. The van der Waals surface area contributed by atoms with Gasteiger partial charge in [0, 0.05) is 38.6 Å². The Bertz CT molecular complexity index is 1490. The number of aliphatic hydroxyl groups excluding tert-OH is 1. The second kappa shape index (κ2) is 10.4. The molecule has 1 aliphatic heterocycles. The maximum absolute atomic E-state index is 12.6. The highest BCUT2D eigenvalue weighted by atomic mass is 35.5. The number of anilines is 1. The van der Waals surface area contributed by atoms with Gasteiger partial charge in [0.05, 0.1) is 30.1 Å². The topological polar surface area (TPSA) is 122 Å². The van der Waals surface area contributed by atoms with E-state index in [1.807, 2.05) is 65.2 Å². The number of amides is 1. The molecule has 1 fully saturated rings. The summed E-state index contributed by atoms with van der Waals surface area (Å²) in [5, 5.41) is 14.7. The molecule has 0 radical (unpaired) electrons. The van der Waals surface area contributed by atoms with E-state index in [0.29, 0.717) is 53.1 Å². The van der Waals surface area contributed by atoms with Crippen LogP contribution >= 0.6 is 11.6 Å². The highest BCUT2D eigenvalue weighted by molar-refractivity contribution is 6.32. The summed E-state index contributed by atoms with van der Waals surface area (Å²) >= 11 is 6.48. The maximum Gasteiger partial charge on any atom is 0.410 e. The summed E-state index contributed by atoms with van der Waals surface area (Å²) in [5.41, 5.74) is 3.15. The molecule has 1 aromatic carbocycles. The number of aryl methyl sites for hydroxylation is 2. The molecule has 0 bridgehead atoms. The Labute approximate surface area is 231 Å². The molecule has 1 aliphatic rings. The van der Waals surface area contributed by atoms with Gasteiger partial charge < -0.3 is 24.5 Å². The molecular formula is C27H32ClN7O4. The Kier molecular flexibility index (Phi) is 7.13. The van der Waals surface area contributed by atoms with Crippen molar-refractivity contribution in [1.82, 2.24) is 29.6 Å². The fraction of sp³-hybridized carbons (Fsp3) is 0.407. The minimum atomic E-state index is -0.594. The first kappa shape index (κ1) is 26.8. The fourth-order valence-corrected chi connectivity index (χ4v) is 4.80. The molecule has 0 spiro atoms. The second-order valence-electron chi connectivity index (χ2n) is 10.6. The number of rotatable bonds is 5. The van der Waals surface area contributed by atoms with E-state index in [1.165, 1.54) is 6.20 Å². The van der Waals surface area contributed by atoms with Crippen LogP contribution in [0.25, 0.3) is 22.6 Å². The van der Waals surface area contributed by atoms with Crippen LogP contribution in [0.4, 0.5) is 10.5 Å². The lowest BCUT2D eigenvalue weighted by molar-refractivity contribution is 0.00704. The number of benzene rings is 1. The lowest BCUT2D eigenvalue weighted by Crippen LogP contribution is -2.57. The maximum atomic E-state index is 12.6. The number of nitrogens with one attached hydrogen (secondary N) is 1. The standard InChI is InChI=1S/C27H32ClN7O4/c1-16-20(14-33(5)32-16)24-30-22-23(21(28)12-29-25(22)31-24)38-19-8-6-17(7-9-19)34-10-11-35(18(13-34)15-36)26(37)39-27(2,3)4/h6-9,12,14,18,36H,10-11,13,15H2,1-5H3,(H,29,30,31)/t18-/m1/s1. The SMILES string of the molecule is Cc1nn(C)cc1-c1nc2ncc(Cl)c(Oc3ccc(N4CCN(C(=O)OC(C)(C)C)[C@@H](CO)C4)cc3)c2[nH]1. The summed E-state index contributed by atoms with van der Waals surface area (Å²) in [6.45, 7) is 8.79. The molecule has 1 atom stereocenters. The van der Waals surface area contributed by atoms with Crippen molar-refractivity contribution in [2.45, 2.75) is 39.3 Å². The van der Waals surface area contributed by atoms with Crippen LogP contribution in [-0.4, -0.2) is 78.7 Å². The number of aromatic nitrogens is 5. The van der Waals surface area contributed by atoms with Crippen LogP contribution in [0.2, 0.25) is 5.02 Å². The van der Waals surface area contributed by atoms with E-state index in [-0.39, 0.29) is 12.6 Å². The molecular weight excluding hydrogens is 522 g/mol. The Morgan fingerprint density at radius 1 is 1.23 bits per heavy atom. The van der Waals surface area contributed by atoms with Crippen LogP contribution < -0.4 is 9.64 Å². The van der Waals surface area contributed by atoms with Crippen LogP contribution in [0.5, 0.6) is 11.5 Å². The van der Waals surface area contributed by atoms with Crippen LogP contribution in [-0.2, 0) is 11.8 Å². The summed E-state index contributed by atoms with van der Waals surface area (Å²) in [4.78, 5) is 28.6. The lowest BCUT2D eigenvalue weighted by Gasteiger charge is -2.42. The number of carbonyl (C=O) groups is 1. The molecule has 0 aliphatic carbocycles. The van der Waals surface area contributed by atoms with Crippen molar-refractivity contribution in [3.63, 3.8) is 0 Å². The second-order valence-corrected chi connectivity index (χ2v) is 11.0. The molecule has 1 saturated heterocycles. The Balaban J connectivity index is 1.32. The van der Waals surface area contributed by atoms with Crippen molar-refractivity contribution >= 4 is 34.5 Å². The number of aromatic amines is 1. The van der Waals surface area contributed by atoms with Gasteiger partial charge in [-0.2, -0.15) is 5.10 Å². The van der Waals surface area contributed by atoms with Crippen molar-refractivity contribution < 1.29 is 19.4 Å². The molecule has 0 saturated carbocycles. The minimum absolute atomic E-state index is 0.155. The zero-order chi connectivity index (χ0) is 27.9. The average molecular weight is 554 g/mol. The number of pyridine rings is 1. The summed E-state index contributed by atoms with van der Waals surface area (Å²) in [7, 11) is 1.86. The number of imidazole rings is 1. The molecule has 0 unspecified atom stereocenters. The van der Waals surface area contributed by atoms with Gasteiger partial charge in [-0.05, 0) is 52.0 Å². The largest absolute Gasteiger partial charge is 0.453 e. The number of halogens is 1. The van der Waals surface area contributed by atoms with Crippen LogP contribution in [0.3, 0.4) is 0 Å². The summed E-state index contributed by atoms with van der Waals surface area (Å²) in [6.07, 6.45) is 3.00. The van der Waals surface area contributed by atoms with Gasteiger partial charge in [-0.3, -0.25) is 9.58 Å². The van der Waals surface area contributed by atoms with Gasteiger partial charge in [-0.1, -0.05) is 11.6 Å². The fourth-order valence-electron chi connectivity index (χ4n) is 4.62. The van der Waals surface area contributed by atoms with E-state index in [4.69, 9.17) is 21.1 Å². The molecule has 206 valence electrons. The third-order valence-corrected chi connectivity index (χ3v) is 6.71. The van der Waals surface area contributed by atoms with Gasteiger partial charge in [0.1, 0.15) is 27.7 Å². The molecule has 2 N–H and O–H groups in total.